The minimum atomic E-state index is -0.855. The molecule has 122 valence electrons. The fourth-order valence-electron chi connectivity index (χ4n) is 2.03. The number of carbonyl (C=O) groups is 2. The van der Waals surface area contributed by atoms with Crippen LogP contribution in [0.4, 0.5) is 5.13 Å². The van der Waals surface area contributed by atoms with E-state index in [9.17, 15) is 14.4 Å². The number of thiazole rings is 1. The first kappa shape index (κ1) is 15.9. The summed E-state index contributed by atoms with van der Waals surface area (Å²) >= 11 is 1.33. The van der Waals surface area contributed by atoms with Crippen molar-refractivity contribution in [3.8, 4) is 0 Å². The molecule has 2 heterocycles. The lowest BCUT2D eigenvalue weighted by Crippen LogP contribution is -2.24. The van der Waals surface area contributed by atoms with Crippen LogP contribution < -0.4 is 10.9 Å². The third-order valence-corrected chi connectivity index (χ3v) is 4.10. The van der Waals surface area contributed by atoms with Gasteiger partial charge in [-0.15, -0.1) is 0 Å². The number of amides is 1. The number of aryl methyl sites for hydroxylation is 1. The number of rotatable bonds is 4. The van der Waals surface area contributed by atoms with Crippen LogP contribution in [0.3, 0.4) is 0 Å². The molecule has 0 spiro atoms. The van der Waals surface area contributed by atoms with Gasteiger partial charge in [-0.2, -0.15) is 0 Å². The van der Waals surface area contributed by atoms with E-state index < -0.39 is 24.0 Å². The van der Waals surface area contributed by atoms with Gasteiger partial charge in [0.1, 0.15) is 5.56 Å². The average molecular weight is 343 g/mol. The van der Waals surface area contributed by atoms with Crippen LogP contribution in [0.2, 0.25) is 0 Å². The Kier molecular flexibility index (Phi) is 4.39. The second-order valence-corrected chi connectivity index (χ2v) is 6.06. The predicted octanol–water partition coefficient (Wildman–Crippen LogP) is 2.09. The fraction of sp³-hybridized carbons (Fsp3) is 0.125. The summed E-state index contributed by atoms with van der Waals surface area (Å²) in [5.74, 6) is -1.38. The number of benzene rings is 1. The summed E-state index contributed by atoms with van der Waals surface area (Å²) in [5, 5.41) is 3.00. The summed E-state index contributed by atoms with van der Waals surface area (Å²) in [5.41, 5.74) is 1.17. The van der Waals surface area contributed by atoms with E-state index in [1.807, 2.05) is 25.1 Å². The van der Waals surface area contributed by atoms with E-state index in [0.29, 0.717) is 5.13 Å². The molecule has 1 aromatic carbocycles. The average Bonchev–Trinajstić information content (AvgIpc) is 2.94. The summed E-state index contributed by atoms with van der Waals surface area (Å²) in [6.07, 6.45) is 1.40. The van der Waals surface area contributed by atoms with E-state index in [0.717, 1.165) is 15.8 Å². The highest BCUT2D eigenvalue weighted by atomic mass is 32.1. The van der Waals surface area contributed by atoms with Crippen LogP contribution >= 0.6 is 11.3 Å². The Balaban J connectivity index is 1.62. The van der Waals surface area contributed by atoms with E-state index in [4.69, 9.17) is 4.74 Å². The topological polar surface area (TPSA) is 101 Å². The van der Waals surface area contributed by atoms with Crippen molar-refractivity contribution in [1.82, 2.24) is 9.97 Å². The highest BCUT2D eigenvalue weighted by Crippen LogP contribution is 2.26. The van der Waals surface area contributed by atoms with Gasteiger partial charge in [-0.1, -0.05) is 17.4 Å². The molecule has 0 saturated carbocycles. The molecule has 0 fully saturated rings. The zero-order chi connectivity index (χ0) is 17.1. The molecule has 3 aromatic rings. The third-order valence-electron chi connectivity index (χ3n) is 3.16. The number of carbonyl (C=O) groups excluding carboxylic acids is 2. The van der Waals surface area contributed by atoms with Crippen LogP contribution in [0.5, 0.6) is 0 Å². The van der Waals surface area contributed by atoms with Gasteiger partial charge in [0, 0.05) is 6.20 Å². The van der Waals surface area contributed by atoms with E-state index in [1.54, 1.807) is 0 Å². The first-order valence-corrected chi connectivity index (χ1v) is 7.86. The number of hydrogen-bond donors (Lipinski definition) is 2. The summed E-state index contributed by atoms with van der Waals surface area (Å²) in [7, 11) is 0. The highest BCUT2D eigenvalue weighted by molar-refractivity contribution is 7.22. The highest BCUT2D eigenvalue weighted by Gasteiger charge is 2.14. The van der Waals surface area contributed by atoms with Gasteiger partial charge < -0.3 is 9.72 Å². The lowest BCUT2D eigenvalue weighted by molar-refractivity contribution is -0.119. The third kappa shape index (κ3) is 3.49. The van der Waals surface area contributed by atoms with Crippen molar-refractivity contribution in [3.63, 3.8) is 0 Å². The number of anilines is 1. The Bertz CT molecular complexity index is 977. The number of aromatic amines is 1. The van der Waals surface area contributed by atoms with Crippen LogP contribution in [0.15, 0.2) is 41.3 Å². The van der Waals surface area contributed by atoms with Gasteiger partial charge in [0.25, 0.3) is 11.5 Å². The SMILES string of the molecule is Cc1ccc2nc(NC(=O)COC(=O)c3ccc[nH]c3=O)sc2c1. The lowest BCUT2D eigenvalue weighted by atomic mass is 10.2. The molecular formula is C16H13N3O4S. The maximum atomic E-state index is 11.9. The second kappa shape index (κ2) is 6.63. The van der Waals surface area contributed by atoms with Crippen molar-refractivity contribution in [1.29, 1.82) is 0 Å². The van der Waals surface area contributed by atoms with Gasteiger partial charge >= 0.3 is 5.97 Å². The standard InChI is InChI=1S/C16H13N3O4S/c1-9-4-5-11-12(7-9)24-16(18-11)19-13(20)8-23-15(22)10-3-2-6-17-14(10)21/h2-7H,8H2,1H3,(H,17,21)(H,18,19,20). The number of aromatic nitrogens is 2. The maximum absolute atomic E-state index is 11.9. The van der Waals surface area contributed by atoms with E-state index in [2.05, 4.69) is 15.3 Å². The van der Waals surface area contributed by atoms with E-state index in [-0.39, 0.29) is 5.56 Å². The minimum absolute atomic E-state index is 0.152. The first-order chi connectivity index (χ1) is 11.5. The zero-order valence-corrected chi connectivity index (χ0v) is 13.5. The minimum Gasteiger partial charge on any atom is -0.452 e. The predicted molar refractivity (Wildman–Crippen MR) is 90.3 cm³/mol. The van der Waals surface area contributed by atoms with Crippen molar-refractivity contribution in [2.24, 2.45) is 0 Å². The molecule has 1 amide bonds. The van der Waals surface area contributed by atoms with Crippen LogP contribution in [-0.4, -0.2) is 28.5 Å². The number of nitrogens with one attached hydrogen (secondary N) is 2. The Hall–Kier alpha value is -3.00. The van der Waals surface area contributed by atoms with Crippen molar-refractivity contribution >= 4 is 38.6 Å². The number of pyridine rings is 1. The summed E-state index contributed by atoms with van der Waals surface area (Å²) in [6, 6.07) is 8.62. The normalized spacial score (nSPS) is 10.5. The molecule has 7 nitrogen and oxygen atoms in total. The second-order valence-electron chi connectivity index (χ2n) is 5.03. The monoisotopic (exact) mass is 343 g/mol. The smallest absolute Gasteiger partial charge is 0.344 e. The molecule has 0 aliphatic heterocycles. The fourth-order valence-corrected chi connectivity index (χ4v) is 3.01. The molecule has 3 rings (SSSR count). The van der Waals surface area contributed by atoms with Gasteiger partial charge in [-0.3, -0.25) is 14.9 Å². The number of fused-ring (bicyclic) bond motifs is 1. The molecular weight excluding hydrogens is 330 g/mol. The molecule has 0 saturated heterocycles. The number of hydrogen-bond acceptors (Lipinski definition) is 6. The Labute approximate surface area is 140 Å². The first-order valence-electron chi connectivity index (χ1n) is 7.05. The van der Waals surface area contributed by atoms with Crippen molar-refractivity contribution < 1.29 is 14.3 Å². The van der Waals surface area contributed by atoms with Crippen LogP contribution in [-0.2, 0) is 9.53 Å². The van der Waals surface area contributed by atoms with Crippen molar-refractivity contribution in [2.45, 2.75) is 6.92 Å². The number of esters is 1. The van der Waals surface area contributed by atoms with Crippen LogP contribution in [0.25, 0.3) is 10.2 Å². The van der Waals surface area contributed by atoms with Crippen LogP contribution in [0, 0.1) is 6.92 Å². The van der Waals surface area contributed by atoms with Crippen LogP contribution in [0.1, 0.15) is 15.9 Å². The Morgan fingerprint density at radius 1 is 1.33 bits per heavy atom. The molecule has 0 radical (unpaired) electrons. The van der Waals surface area contributed by atoms with Crippen molar-refractivity contribution in [3.05, 3.63) is 58.0 Å². The quantitative estimate of drug-likeness (QED) is 0.706. The molecule has 2 N–H and O–H groups in total. The number of nitrogens with zero attached hydrogens (tertiary/aromatic N) is 1. The molecule has 0 aliphatic rings. The maximum Gasteiger partial charge on any atom is 0.344 e. The van der Waals surface area contributed by atoms with Gasteiger partial charge in [-0.05, 0) is 36.8 Å². The van der Waals surface area contributed by atoms with Gasteiger partial charge in [-0.25, -0.2) is 9.78 Å². The summed E-state index contributed by atoms with van der Waals surface area (Å²) in [6.45, 7) is 1.48. The lowest BCUT2D eigenvalue weighted by Gasteiger charge is -2.03. The zero-order valence-electron chi connectivity index (χ0n) is 12.7. The molecule has 8 heteroatoms. The van der Waals surface area contributed by atoms with E-state index in [1.165, 1.54) is 29.7 Å². The number of ether oxygens (including phenoxy) is 1. The summed E-state index contributed by atoms with van der Waals surface area (Å²) in [4.78, 5) is 41.7. The van der Waals surface area contributed by atoms with Gasteiger partial charge in [0.05, 0.1) is 10.2 Å². The van der Waals surface area contributed by atoms with Gasteiger partial charge in [0.2, 0.25) is 0 Å². The Morgan fingerprint density at radius 3 is 2.96 bits per heavy atom. The van der Waals surface area contributed by atoms with E-state index >= 15 is 0 Å². The molecule has 0 atom stereocenters. The molecule has 24 heavy (non-hydrogen) atoms. The summed E-state index contributed by atoms with van der Waals surface area (Å²) < 4.78 is 5.80. The number of H-pyrrole nitrogens is 1. The van der Waals surface area contributed by atoms with Crippen molar-refractivity contribution in [2.75, 3.05) is 11.9 Å². The Morgan fingerprint density at radius 2 is 2.17 bits per heavy atom. The molecule has 0 unspecified atom stereocenters. The largest absolute Gasteiger partial charge is 0.452 e. The van der Waals surface area contributed by atoms with Gasteiger partial charge in [0.15, 0.2) is 11.7 Å². The molecule has 0 aliphatic carbocycles. The molecule has 0 bridgehead atoms. The molecule has 2 aromatic heterocycles.